The molecule has 192 valence electrons. The van der Waals surface area contributed by atoms with Crippen LogP contribution in [0.5, 0.6) is 0 Å². The van der Waals surface area contributed by atoms with Gasteiger partial charge in [0.1, 0.15) is 11.7 Å². The summed E-state index contributed by atoms with van der Waals surface area (Å²) in [5.41, 5.74) is 5.70. The van der Waals surface area contributed by atoms with E-state index in [1.54, 1.807) is 39.0 Å². The smallest absolute Gasteiger partial charge is 0.421 e. The van der Waals surface area contributed by atoms with E-state index in [0.29, 0.717) is 27.6 Å². The summed E-state index contributed by atoms with van der Waals surface area (Å²) in [6, 6.07) is 6.14. The molecule has 1 aliphatic heterocycles. The summed E-state index contributed by atoms with van der Waals surface area (Å²) < 4.78 is 10.7. The number of cyclic esters (lactones) is 1. The fourth-order valence-corrected chi connectivity index (χ4v) is 3.86. The number of nitrogens with two attached hydrogens (primary N) is 1. The summed E-state index contributed by atoms with van der Waals surface area (Å²) in [4.78, 5) is 52.5. The lowest BCUT2D eigenvalue weighted by Crippen LogP contribution is -2.43. The maximum absolute atomic E-state index is 12.6. The van der Waals surface area contributed by atoms with Gasteiger partial charge in [0, 0.05) is 22.0 Å². The second kappa shape index (κ2) is 11.2. The molecular formula is C24H27ClN4O6S. The molecule has 0 aromatic heterocycles. The molecule has 1 fully saturated rings. The first-order chi connectivity index (χ1) is 16.9. The fourth-order valence-electron chi connectivity index (χ4n) is 3.44. The Bertz CT molecular complexity index is 1140. The molecule has 0 saturated carbocycles. The van der Waals surface area contributed by atoms with Gasteiger partial charge in [-0.3, -0.25) is 14.5 Å². The van der Waals surface area contributed by atoms with Crippen LogP contribution >= 0.6 is 23.8 Å². The first-order valence-electron chi connectivity index (χ1n) is 11.1. The van der Waals surface area contributed by atoms with Gasteiger partial charge in [0.15, 0.2) is 0 Å². The summed E-state index contributed by atoms with van der Waals surface area (Å²) in [6.45, 7) is 4.92. The zero-order valence-electron chi connectivity index (χ0n) is 20.1. The van der Waals surface area contributed by atoms with Crippen LogP contribution in [0, 0.1) is 0 Å². The van der Waals surface area contributed by atoms with Crippen LogP contribution in [0.4, 0.5) is 21.0 Å². The number of amides is 4. The van der Waals surface area contributed by atoms with E-state index in [9.17, 15) is 19.2 Å². The predicted octanol–water partition coefficient (Wildman–Crippen LogP) is 3.18. The Balaban J connectivity index is 1.65. The summed E-state index contributed by atoms with van der Waals surface area (Å²) >= 11 is 11.2. The van der Waals surface area contributed by atoms with E-state index in [4.69, 9.17) is 39.0 Å². The molecule has 1 saturated heterocycles. The third-order valence-corrected chi connectivity index (χ3v) is 5.74. The Morgan fingerprint density at radius 1 is 1.28 bits per heavy atom. The average Bonchev–Trinajstić information content (AvgIpc) is 3.18. The Morgan fingerprint density at radius 3 is 2.56 bits per heavy atom. The molecule has 0 radical (unpaired) electrons. The number of nitrogens with one attached hydrogen (secondary N) is 1. The van der Waals surface area contributed by atoms with Crippen molar-refractivity contribution in [2.45, 2.75) is 38.9 Å². The van der Waals surface area contributed by atoms with Gasteiger partial charge in [0.05, 0.1) is 30.9 Å². The largest absolute Gasteiger partial charge is 0.443 e. The van der Waals surface area contributed by atoms with Crippen LogP contribution in [0.2, 0.25) is 0 Å². The number of hydrogen-bond donors (Lipinski definition) is 2. The monoisotopic (exact) mass is 534 g/mol. The summed E-state index contributed by atoms with van der Waals surface area (Å²) in [5.74, 6) is -1.03. The zero-order valence-corrected chi connectivity index (χ0v) is 21.6. The van der Waals surface area contributed by atoms with Crippen molar-refractivity contribution in [2.75, 3.05) is 29.4 Å². The number of hydrogen-bond acceptors (Lipinski definition) is 8. The van der Waals surface area contributed by atoms with Gasteiger partial charge in [0.25, 0.3) is 5.91 Å². The third-order valence-electron chi connectivity index (χ3n) is 5.09. The number of imide groups is 1. The van der Waals surface area contributed by atoms with Gasteiger partial charge < -0.3 is 20.5 Å². The Labute approximate surface area is 219 Å². The van der Waals surface area contributed by atoms with E-state index in [1.165, 1.54) is 23.1 Å². The molecule has 3 N–H and O–H groups in total. The van der Waals surface area contributed by atoms with E-state index in [0.717, 1.165) is 4.90 Å². The van der Waals surface area contributed by atoms with Gasteiger partial charge in [-0.25, -0.2) is 14.5 Å². The fraction of sp³-hybridized carbons (Fsp3) is 0.375. The van der Waals surface area contributed by atoms with Crippen LogP contribution in [0.15, 0.2) is 47.0 Å². The average molecular weight is 535 g/mol. The summed E-state index contributed by atoms with van der Waals surface area (Å²) in [6.07, 6.45) is 1.60. The molecule has 1 aliphatic carbocycles. The molecule has 36 heavy (non-hydrogen) atoms. The highest BCUT2D eigenvalue weighted by Crippen LogP contribution is 2.26. The molecular weight excluding hydrogens is 508 g/mol. The molecule has 1 heterocycles. The van der Waals surface area contributed by atoms with E-state index in [2.05, 4.69) is 5.32 Å². The number of allylic oxidation sites excluding steroid dienone is 3. The van der Waals surface area contributed by atoms with Crippen LogP contribution in [-0.2, 0) is 19.1 Å². The van der Waals surface area contributed by atoms with Crippen molar-refractivity contribution in [1.82, 2.24) is 5.32 Å². The first kappa shape index (κ1) is 27.3. The minimum absolute atomic E-state index is 0.0812. The molecule has 1 aromatic rings. The number of halogens is 1. The quantitative estimate of drug-likeness (QED) is 0.532. The molecule has 0 bridgehead atoms. The lowest BCUT2D eigenvalue weighted by molar-refractivity contribution is -0.118. The number of thiocarbonyl (C=S) groups is 1. The van der Waals surface area contributed by atoms with Crippen LogP contribution in [0.3, 0.4) is 0 Å². The van der Waals surface area contributed by atoms with Crippen molar-refractivity contribution in [3.05, 3.63) is 47.0 Å². The van der Waals surface area contributed by atoms with Gasteiger partial charge >= 0.3 is 12.2 Å². The van der Waals surface area contributed by atoms with Gasteiger partial charge in [-0.05, 0) is 51.1 Å². The van der Waals surface area contributed by atoms with E-state index in [1.807, 2.05) is 0 Å². The molecule has 10 nitrogen and oxygen atoms in total. The molecule has 0 spiro atoms. The highest BCUT2D eigenvalue weighted by atomic mass is 35.5. The second-order valence-electron chi connectivity index (χ2n) is 9.03. The number of anilines is 2. The zero-order chi connectivity index (χ0) is 26.6. The van der Waals surface area contributed by atoms with Gasteiger partial charge in [0.2, 0.25) is 5.91 Å². The summed E-state index contributed by atoms with van der Waals surface area (Å²) in [5, 5.41) is 3.16. The first-order valence-corrected chi connectivity index (χ1v) is 11.9. The summed E-state index contributed by atoms with van der Waals surface area (Å²) in [7, 11) is 0. The molecule has 2 aliphatic rings. The molecule has 1 atom stereocenters. The van der Waals surface area contributed by atoms with Crippen LogP contribution in [-0.4, -0.2) is 60.2 Å². The Hall–Kier alpha value is -3.28. The Morgan fingerprint density at radius 2 is 1.94 bits per heavy atom. The molecule has 4 amide bonds. The SMILES string of the molecule is CC(C)(C)OC(=O)N(C(=O)CN)c1ccc(N2CC(CNC(=O)C3=CC(Cl)=CCC3=S)OC2=O)cc1. The van der Waals surface area contributed by atoms with Gasteiger partial charge in [-0.15, -0.1) is 0 Å². The van der Waals surface area contributed by atoms with Crippen molar-refractivity contribution in [3.63, 3.8) is 0 Å². The van der Waals surface area contributed by atoms with Gasteiger partial charge in [-0.2, -0.15) is 0 Å². The number of nitrogens with zero attached hydrogens (tertiary/aromatic N) is 2. The number of benzene rings is 1. The highest BCUT2D eigenvalue weighted by Gasteiger charge is 2.34. The maximum Gasteiger partial charge on any atom is 0.421 e. The molecule has 12 heteroatoms. The molecule has 1 aromatic carbocycles. The van der Waals surface area contributed by atoms with E-state index < -0.39 is 42.3 Å². The topological polar surface area (TPSA) is 131 Å². The lowest BCUT2D eigenvalue weighted by atomic mass is 10.0. The van der Waals surface area contributed by atoms with Gasteiger partial charge in [-0.1, -0.05) is 29.9 Å². The van der Waals surface area contributed by atoms with Crippen LogP contribution in [0.25, 0.3) is 0 Å². The second-order valence-corrected chi connectivity index (χ2v) is 9.96. The van der Waals surface area contributed by atoms with Crippen molar-refractivity contribution >= 4 is 64.1 Å². The number of ether oxygens (including phenoxy) is 2. The third kappa shape index (κ3) is 6.68. The number of carbonyl (C=O) groups is 4. The van der Waals surface area contributed by atoms with E-state index in [-0.39, 0.29) is 18.8 Å². The minimum Gasteiger partial charge on any atom is -0.443 e. The molecule has 1 unspecified atom stereocenters. The van der Waals surface area contributed by atoms with Crippen molar-refractivity contribution < 1.29 is 28.7 Å². The standard InChI is InChI=1S/C24H27ClN4O6S/c1-24(2,3)35-23(33)29(20(30)11-26)16-7-5-15(6-8-16)28-13-17(34-22(28)32)12-27-21(31)18-10-14(25)4-9-19(18)36/h4-8,10,17H,9,11-13,26H2,1-3H3,(H,27,31). The maximum atomic E-state index is 12.6. The van der Waals surface area contributed by atoms with Crippen LogP contribution < -0.4 is 20.9 Å². The lowest BCUT2D eigenvalue weighted by Gasteiger charge is -2.26. The highest BCUT2D eigenvalue weighted by molar-refractivity contribution is 7.81. The normalized spacial score (nSPS) is 17.7. The minimum atomic E-state index is -0.855. The van der Waals surface area contributed by atoms with E-state index >= 15 is 0 Å². The van der Waals surface area contributed by atoms with Crippen molar-refractivity contribution in [3.8, 4) is 0 Å². The van der Waals surface area contributed by atoms with Crippen LogP contribution in [0.1, 0.15) is 27.2 Å². The number of rotatable bonds is 6. The van der Waals surface area contributed by atoms with Crippen molar-refractivity contribution in [2.24, 2.45) is 5.73 Å². The number of carbonyl (C=O) groups excluding carboxylic acids is 4. The predicted molar refractivity (Wildman–Crippen MR) is 139 cm³/mol. The Kier molecular flexibility index (Phi) is 8.49. The molecule has 3 rings (SSSR count). The van der Waals surface area contributed by atoms with Crippen molar-refractivity contribution in [1.29, 1.82) is 0 Å².